The average molecular weight is 285 g/mol. The molecule has 1 unspecified atom stereocenters. The highest BCUT2D eigenvalue weighted by Gasteiger charge is 2.15. The highest BCUT2D eigenvalue weighted by atomic mass is 32.2. The smallest absolute Gasteiger partial charge is 0.212 e. The zero-order chi connectivity index (χ0) is 14.3. The van der Waals surface area contributed by atoms with Crippen LogP contribution in [0.4, 0.5) is 0 Å². The number of nitrogens with zero attached hydrogens (tertiary/aromatic N) is 1. The molecule has 0 spiro atoms. The van der Waals surface area contributed by atoms with Gasteiger partial charge < -0.3 is 5.32 Å². The summed E-state index contributed by atoms with van der Waals surface area (Å²) in [5.41, 5.74) is 0.916. The second-order valence-electron chi connectivity index (χ2n) is 4.90. The van der Waals surface area contributed by atoms with Gasteiger partial charge in [-0.25, -0.2) is 13.1 Å². The van der Waals surface area contributed by atoms with E-state index in [1.165, 1.54) is 0 Å². The summed E-state index contributed by atoms with van der Waals surface area (Å²) >= 11 is 0. The summed E-state index contributed by atoms with van der Waals surface area (Å²) in [6, 6.07) is 3.78. The molecule has 6 heteroatoms. The predicted molar refractivity (Wildman–Crippen MR) is 77.3 cm³/mol. The second-order valence-corrected chi connectivity index (χ2v) is 6.77. The van der Waals surface area contributed by atoms with E-state index < -0.39 is 10.0 Å². The molecule has 0 bridgehead atoms. The van der Waals surface area contributed by atoms with Crippen LogP contribution in [0, 0.1) is 0 Å². The molecule has 0 saturated carbocycles. The number of hydrogen-bond acceptors (Lipinski definition) is 4. The molecule has 1 aromatic rings. The van der Waals surface area contributed by atoms with Crippen molar-refractivity contribution in [3.63, 3.8) is 0 Å². The van der Waals surface area contributed by atoms with Gasteiger partial charge in [-0.1, -0.05) is 13.8 Å². The number of nitrogens with one attached hydrogen (secondary N) is 2. The third-order valence-electron chi connectivity index (χ3n) is 2.70. The SMILES string of the molecule is CC(C)NCCCS(=O)(=O)NC(C)c1ccncc1. The Hall–Kier alpha value is -0.980. The van der Waals surface area contributed by atoms with E-state index in [9.17, 15) is 8.42 Å². The Bertz CT molecular complexity index is 460. The van der Waals surface area contributed by atoms with Gasteiger partial charge >= 0.3 is 0 Å². The van der Waals surface area contributed by atoms with Gasteiger partial charge in [-0.3, -0.25) is 4.98 Å². The van der Waals surface area contributed by atoms with Crippen LogP contribution in [-0.2, 0) is 10.0 Å². The lowest BCUT2D eigenvalue weighted by molar-refractivity contribution is 0.552. The zero-order valence-corrected chi connectivity index (χ0v) is 12.6. The van der Waals surface area contributed by atoms with Gasteiger partial charge in [0.15, 0.2) is 0 Å². The first kappa shape index (κ1) is 16.1. The van der Waals surface area contributed by atoms with Gasteiger partial charge in [0, 0.05) is 24.5 Å². The third-order valence-corrected chi connectivity index (χ3v) is 4.24. The maximum Gasteiger partial charge on any atom is 0.212 e. The summed E-state index contributed by atoms with van der Waals surface area (Å²) in [5, 5.41) is 3.20. The van der Waals surface area contributed by atoms with Crippen LogP contribution < -0.4 is 10.0 Å². The van der Waals surface area contributed by atoms with Gasteiger partial charge in [0.25, 0.3) is 0 Å². The highest BCUT2D eigenvalue weighted by Crippen LogP contribution is 2.11. The largest absolute Gasteiger partial charge is 0.314 e. The fraction of sp³-hybridized carbons (Fsp3) is 0.615. The first-order chi connectivity index (χ1) is 8.91. The van der Waals surface area contributed by atoms with E-state index in [1.807, 2.05) is 32.9 Å². The molecule has 19 heavy (non-hydrogen) atoms. The predicted octanol–water partition coefficient (Wildman–Crippen LogP) is 1.45. The Kier molecular flexibility index (Phi) is 6.41. The molecule has 0 aliphatic heterocycles. The first-order valence-corrected chi connectivity index (χ1v) is 8.19. The van der Waals surface area contributed by atoms with E-state index in [1.54, 1.807) is 12.4 Å². The third kappa shape index (κ3) is 6.66. The Morgan fingerprint density at radius 1 is 1.21 bits per heavy atom. The fourth-order valence-corrected chi connectivity index (χ4v) is 3.02. The molecule has 1 atom stereocenters. The zero-order valence-electron chi connectivity index (χ0n) is 11.8. The van der Waals surface area contributed by atoms with Gasteiger partial charge in [0.05, 0.1) is 5.75 Å². The standard InChI is InChI=1S/C13H23N3O2S/c1-11(2)15-7-4-10-19(17,18)16-12(3)13-5-8-14-9-6-13/h5-6,8-9,11-12,15-16H,4,7,10H2,1-3H3. The summed E-state index contributed by atoms with van der Waals surface area (Å²) in [6.07, 6.45) is 3.93. The summed E-state index contributed by atoms with van der Waals surface area (Å²) in [4.78, 5) is 3.92. The molecule has 0 radical (unpaired) electrons. The summed E-state index contributed by atoms with van der Waals surface area (Å²) in [5.74, 6) is 0.141. The van der Waals surface area contributed by atoms with Crippen molar-refractivity contribution in [2.45, 2.75) is 39.3 Å². The second kappa shape index (κ2) is 7.57. The van der Waals surface area contributed by atoms with Gasteiger partial charge in [0.1, 0.15) is 0 Å². The lowest BCUT2D eigenvalue weighted by Gasteiger charge is -2.14. The molecule has 2 N–H and O–H groups in total. The molecule has 5 nitrogen and oxygen atoms in total. The molecular formula is C13H23N3O2S. The van der Waals surface area contributed by atoms with E-state index in [-0.39, 0.29) is 11.8 Å². The number of pyridine rings is 1. The van der Waals surface area contributed by atoms with Crippen LogP contribution in [0.3, 0.4) is 0 Å². The fourth-order valence-electron chi connectivity index (χ4n) is 1.70. The molecule has 1 aromatic heterocycles. The van der Waals surface area contributed by atoms with Crippen LogP contribution in [0.15, 0.2) is 24.5 Å². The molecular weight excluding hydrogens is 262 g/mol. The van der Waals surface area contributed by atoms with Crippen molar-refractivity contribution < 1.29 is 8.42 Å². The number of hydrogen-bond donors (Lipinski definition) is 2. The quantitative estimate of drug-likeness (QED) is 0.709. The molecule has 0 fully saturated rings. The monoisotopic (exact) mass is 285 g/mol. The van der Waals surface area contributed by atoms with Crippen molar-refractivity contribution in [3.8, 4) is 0 Å². The Morgan fingerprint density at radius 3 is 2.42 bits per heavy atom. The van der Waals surface area contributed by atoms with Crippen LogP contribution in [0.25, 0.3) is 0 Å². The van der Waals surface area contributed by atoms with Gasteiger partial charge in [-0.05, 0) is 37.6 Å². The topological polar surface area (TPSA) is 71.1 Å². The van der Waals surface area contributed by atoms with E-state index >= 15 is 0 Å². The van der Waals surface area contributed by atoms with Crippen molar-refractivity contribution >= 4 is 10.0 Å². The molecule has 0 saturated heterocycles. The summed E-state index contributed by atoms with van der Waals surface area (Å²) in [6.45, 7) is 6.62. The Labute approximate surface area is 115 Å². The number of rotatable bonds is 8. The molecule has 0 aliphatic carbocycles. The molecule has 0 aliphatic rings. The van der Waals surface area contributed by atoms with Crippen LogP contribution in [0.2, 0.25) is 0 Å². The maximum atomic E-state index is 11.9. The molecule has 1 rings (SSSR count). The van der Waals surface area contributed by atoms with Crippen molar-refractivity contribution in [3.05, 3.63) is 30.1 Å². The molecule has 108 valence electrons. The van der Waals surface area contributed by atoms with Crippen LogP contribution in [0.1, 0.15) is 38.8 Å². The van der Waals surface area contributed by atoms with Crippen molar-refractivity contribution in [1.82, 2.24) is 15.0 Å². The minimum atomic E-state index is -3.24. The van der Waals surface area contributed by atoms with E-state index in [0.717, 1.165) is 5.56 Å². The van der Waals surface area contributed by atoms with Gasteiger partial charge in [-0.15, -0.1) is 0 Å². The number of sulfonamides is 1. The van der Waals surface area contributed by atoms with Crippen LogP contribution in [-0.4, -0.2) is 31.7 Å². The summed E-state index contributed by atoms with van der Waals surface area (Å²) in [7, 11) is -3.24. The van der Waals surface area contributed by atoms with Crippen molar-refractivity contribution in [2.75, 3.05) is 12.3 Å². The lowest BCUT2D eigenvalue weighted by Crippen LogP contribution is -2.31. The molecule has 0 amide bonds. The van der Waals surface area contributed by atoms with Crippen LogP contribution in [0.5, 0.6) is 0 Å². The summed E-state index contributed by atoms with van der Waals surface area (Å²) < 4.78 is 26.5. The molecule has 0 aromatic carbocycles. The maximum absolute atomic E-state index is 11.9. The highest BCUT2D eigenvalue weighted by molar-refractivity contribution is 7.89. The van der Waals surface area contributed by atoms with Crippen molar-refractivity contribution in [2.24, 2.45) is 0 Å². The van der Waals surface area contributed by atoms with Crippen LogP contribution >= 0.6 is 0 Å². The Morgan fingerprint density at radius 2 is 1.84 bits per heavy atom. The van der Waals surface area contributed by atoms with E-state index in [2.05, 4.69) is 15.0 Å². The number of aromatic nitrogens is 1. The first-order valence-electron chi connectivity index (χ1n) is 6.54. The normalized spacial score (nSPS) is 13.7. The van der Waals surface area contributed by atoms with Gasteiger partial charge in [-0.2, -0.15) is 0 Å². The lowest BCUT2D eigenvalue weighted by atomic mass is 10.1. The minimum absolute atomic E-state index is 0.141. The molecule has 1 heterocycles. The van der Waals surface area contributed by atoms with E-state index in [4.69, 9.17) is 0 Å². The minimum Gasteiger partial charge on any atom is -0.314 e. The van der Waals surface area contributed by atoms with Gasteiger partial charge in [0.2, 0.25) is 10.0 Å². The van der Waals surface area contributed by atoms with E-state index in [0.29, 0.717) is 19.0 Å². The Balaban J connectivity index is 2.42. The van der Waals surface area contributed by atoms with Crippen molar-refractivity contribution in [1.29, 1.82) is 0 Å². The average Bonchev–Trinajstić information content (AvgIpc) is 2.35.